The Bertz CT molecular complexity index is 423. The molecule has 1 aliphatic rings. The van der Waals surface area contributed by atoms with Crippen molar-refractivity contribution in [2.75, 3.05) is 7.11 Å². The normalized spacial score (nSPS) is 22.7. The molecule has 1 aromatic heterocycles. The molecule has 1 fully saturated rings. The van der Waals surface area contributed by atoms with Gasteiger partial charge >= 0.3 is 0 Å². The van der Waals surface area contributed by atoms with Crippen molar-refractivity contribution in [3.05, 3.63) is 27.9 Å². The van der Waals surface area contributed by atoms with Crippen molar-refractivity contribution in [1.82, 2.24) is 9.97 Å². The number of nitrogens with zero attached hydrogens (tertiary/aromatic N) is 1. The standard InChI is InChI=1S/C11H16N2O2/c1-11(2)5-8(11)10-12-7(6-15-3)4-9(14)13-10/h4,8H,5-6H2,1-3H3,(H,12,13,14). The van der Waals surface area contributed by atoms with E-state index in [-0.39, 0.29) is 11.0 Å². The van der Waals surface area contributed by atoms with Crippen LogP contribution >= 0.6 is 0 Å². The summed E-state index contributed by atoms with van der Waals surface area (Å²) in [5.74, 6) is 1.20. The van der Waals surface area contributed by atoms with Crippen molar-refractivity contribution in [1.29, 1.82) is 0 Å². The number of H-pyrrole nitrogens is 1. The molecule has 82 valence electrons. The maximum Gasteiger partial charge on any atom is 0.251 e. The molecule has 0 bridgehead atoms. The lowest BCUT2D eigenvalue weighted by atomic mass is 10.1. The fraction of sp³-hybridized carbons (Fsp3) is 0.636. The second-order valence-electron chi connectivity index (χ2n) is 4.80. The molecule has 1 atom stereocenters. The van der Waals surface area contributed by atoms with Crippen LogP contribution in [-0.4, -0.2) is 17.1 Å². The van der Waals surface area contributed by atoms with E-state index in [0.29, 0.717) is 18.2 Å². The molecule has 2 rings (SSSR count). The minimum Gasteiger partial charge on any atom is -0.378 e. The predicted octanol–water partition coefficient (Wildman–Crippen LogP) is 1.43. The molecular weight excluding hydrogens is 192 g/mol. The Morgan fingerprint density at radius 2 is 2.33 bits per heavy atom. The van der Waals surface area contributed by atoms with Gasteiger partial charge < -0.3 is 9.72 Å². The third kappa shape index (κ3) is 2.09. The quantitative estimate of drug-likeness (QED) is 0.817. The maximum atomic E-state index is 11.4. The Morgan fingerprint density at radius 1 is 1.67 bits per heavy atom. The summed E-state index contributed by atoms with van der Waals surface area (Å²) in [5, 5.41) is 0. The topological polar surface area (TPSA) is 55.0 Å². The van der Waals surface area contributed by atoms with Gasteiger partial charge in [-0.05, 0) is 11.8 Å². The van der Waals surface area contributed by atoms with Crippen molar-refractivity contribution in [2.24, 2.45) is 5.41 Å². The number of hydrogen-bond acceptors (Lipinski definition) is 3. The van der Waals surface area contributed by atoms with E-state index in [9.17, 15) is 4.79 Å². The molecule has 0 aromatic carbocycles. The Morgan fingerprint density at radius 3 is 2.87 bits per heavy atom. The largest absolute Gasteiger partial charge is 0.378 e. The zero-order chi connectivity index (χ0) is 11.1. The SMILES string of the molecule is COCc1cc(=O)[nH]c(C2CC2(C)C)n1. The lowest BCUT2D eigenvalue weighted by Gasteiger charge is -2.04. The van der Waals surface area contributed by atoms with Gasteiger partial charge in [0, 0.05) is 19.1 Å². The molecule has 1 aromatic rings. The highest BCUT2D eigenvalue weighted by molar-refractivity contribution is 5.17. The lowest BCUT2D eigenvalue weighted by molar-refractivity contribution is 0.181. The van der Waals surface area contributed by atoms with Crippen LogP contribution in [0.5, 0.6) is 0 Å². The second kappa shape index (κ2) is 3.45. The van der Waals surface area contributed by atoms with Crippen LogP contribution in [0.1, 0.15) is 37.7 Å². The third-order valence-electron chi connectivity index (χ3n) is 2.95. The molecule has 0 saturated heterocycles. The molecule has 15 heavy (non-hydrogen) atoms. The number of ether oxygens (including phenoxy) is 1. The predicted molar refractivity (Wildman–Crippen MR) is 56.7 cm³/mol. The minimum absolute atomic E-state index is 0.0882. The van der Waals surface area contributed by atoms with E-state index in [2.05, 4.69) is 23.8 Å². The second-order valence-corrected chi connectivity index (χ2v) is 4.80. The smallest absolute Gasteiger partial charge is 0.251 e. The van der Waals surface area contributed by atoms with Crippen molar-refractivity contribution in [3.8, 4) is 0 Å². The highest BCUT2D eigenvalue weighted by atomic mass is 16.5. The van der Waals surface area contributed by atoms with Crippen LogP contribution < -0.4 is 5.56 Å². The first-order chi connectivity index (χ1) is 7.03. The van der Waals surface area contributed by atoms with E-state index >= 15 is 0 Å². The van der Waals surface area contributed by atoms with E-state index in [1.807, 2.05) is 0 Å². The van der Waals surface area contributed by atoms with Gasteiger partial charge in [0.15, 0.2) is 0 Å². The van der Waals surface area contributed by atoms with Crippen molar-refractivity contribution < 1.29 is 4.74 Å². The number of rotatable bonds is 3. The summed E-state index contributed by atoms with van der Waals surface area (Å²) in [6.45, 7) is 4.76. The summed E-state index contributed by atoms with van der Waals surface area (Å²) in [5.41, 5.74) is 0.899. The van der Waals surface area contributed by atoms with Crippen LogP contribution in [0.4, 0.5) is 0 Å². The Balaban J connectivity index is 2.29. The molecule has 0 radical (unpaired) electrons. The van der Waals surface area contributed by atoms with E-state index in [1.54, 1.807) is 7.11 Å². The zero-order valence-electron chi connectivity index (χ0n) is 9.33. The number of aromatic amines is 1. The maximum absolute atomic E-state index is 11.4. The van der Waals surface area contributed by atoms with Crippen molar-refractivity contribution >= 4 is 0 Å². The molecule has 0 amide bonds. The van der Waals surface area contributed by atoms with E-state index < -0.39 is 0 Å². The number of methoxy groups -OCH3 is 1. The van der Waals surface area contributed by atoms with Gasteiger partial charge in [-0.2, -0.15) is 0 Å². The zero-order valence-corrected chi connectivity index (χ0v) is 9.33. The van der Waals surface area contributed by atoms with Gasteiger partial charge in [-0.25, -0.2) is 4.98 Å². The van der Waals surface area contributed by atoms with Gasteiger partial charge in [0.2, 0.25) is 0 Å². The van der Waals surface area contributed by atoms with Crippen LogP contribution in [0, 0.1) is 5.41 Å². The van der Waals surface area contributed by atoms with Crippen LogP contribution in [0.2, 0.25) is 0 Å². The molecule has 1 heterocycles. The highest BCUT2D eigenvalue weighted by Crippen LogP contribution is 2.57. The van der Waals surface area contributed by atoms with Gasteiger partial charge in [-0.1, -0.05) is 13.8 Å². The van der Waals surface area contributed by atoms with Gasteiger partial charge in [-0.15, -0.1) is 0 Å². The van der Waals surface area contributed by atoms with Crippen molar-refractivity contribution in [2.45, 2.75) is 32.8 Å². The molecule has 0 aliphatic heterocycles. The summed E-state index contributed by atoms with van der Waals surface area (Å²) >= 11 is 0. The molecule has 0 spiro atoms. The molecule has 4 nitrogen and oxygen atoms in total. The van der Waals surface area contributed by atoms with Gasteiger partial charge in [0.05, 0.1) is 12.3 Å². The van der Waals surface area contributed by atoms with Crippen LogP contribution in [0.3, 0.4) is 0 Å². The Kier molecular flexibility index (Phi) is 2.38. The number of aromatic nitrogens is 2. The average Bonchev–Trinajstić information content (AvgIpc) is 2.75. The molecule has 1 aliphatic carbocycles. The lowest BCUT2D eigenvalue weighted by Crippen LogP contribution is -2.13. The van der Waals surface area contributed by atoms with Crippen LogP contribution in [-0.2, 0) is 11.3 Å². The summed E-state index contributed by atoms with van der Waals surface area (Å²) in [4.78, 5) is 18.6. The first kappa shape index (κ1) is 10.4. The summed E-state index contributed by atoms with van der Waals surface area (Å²) in [7, 11) is 1.60. The van der Waals surface area contributed by atoms with E-state index in [1.165, 1.54) is 6.07 Å². The van der Waals surface area contributed by atoms with E-state index in [0.717, 1.165) is 12.2 Å². The summed E-state index contributed by atoms with van der Waals surface area (Å²) < 4.78 is 4.97. The summed E-state index contributed by atoms with van der Waals surface area (Å²) in [6, 6.07) is 1.49. The van der Waals surface area contributed by atoms with Gasteiger partial charge in [0.25, 0.3) is 5.56 Å². The Hall–Kier alpha value is -1.16. The fourth-order valence-corrected chi connectivity index (χ4v) is 1.85. The monoisotopic (exact) mass is 208 g/mol. The summed E-state index contributed by atoms with van der Waals surface area (Å²) in [6.07, 6.45) is 1.09. The van der Waals surface area contributed by atoms with Gasteiger partial charge in [-0.3, -0.25) is 4.79 Å². The van der Waals surface area contributed by atoms with Crippen LogP contribution in [0.25, 0.3) is 0 Å². The number of nitrogens with one attached hydrogen (secondary N) is 1. The van der Waals surface area contributed by atoms with Crippen LogP contribution in [0.15, 0.2) is 10.9 Å². The average molecular weight is 208 g/mol. The van der Waals surface area contributed by atoms with E-state index in [4.69, 9.17) is 4.74 Å². The van der Waals surface area contributed by atoms with Crippen molar-refractivity contribution in [3.63, 3.8) is 0 Å². The minimum atomic E-state index is -0.0882. The molecular formula is C11H16N2O2. The number of hydrogen-bond donors (Lipinski definition) is 1. The van der Waals surface area contributed by atoms with Gasteiger partial charge in [0.1, 0.15) is 5.82 Å². The molecule has 1 N–H and O–H groups in total. The molecule has 4 heteroatoms. The molecule has 1 saturated carbocycles. The first-order valence-electron chi connectivity index (χ1n) is 5.12. The highest BCUT2D eigenvalue weighted by Gasteiger charge is 2.48. The fourth-order valence-electron chi connectivity index (χ4n) is 1.85. The first-order valence-corrected chi connectivity index (χ1v) is 5.12. The Labute approximate surface area is 88.7 Å². The molecule has 1 unspecified atom stereocenters. The third-order valence-corrected chi connectivity index (χ3v) is 2.95.